The van der Waals surface area contributed by atoms with Gasteiger partial charge in [0.2, 0.25) is 0 Å². The molecule has 0 aliphatic carbocycles. The number of likely N-dealkylation sites (N-methyl/N-ethyl adjacent to an activating group) is 1. The Hall–Kier alpha value is -3.66. The number of hydrogen-bond acceptors (Lipinski definition) is 6. The van der Waals surface area contributed by atoms with Crippen LogP contribution in [-0.2, 0) is 9.59 Å². The number of anilines is 1. The molecule has 4 rings (SSSR count). The Morgan fingerprint density at radius 1 is 0.903 bits per heavy atom. The number of piperazine rings is 1. The Kier molecular flexibility index (Phi) is 5.24. The molecule has 2 aromatic carbocycles. The van der Waals surface area contributed by atoms with Crippen molar-refractivity contribution in [2.24, 2.45) is 0 Å². The SMILES string of the molecule is CN1CCN(C2=C(c3ccc([N+](=O)[O-])cc3)C(=O)N(c3ccc(F)c(F)c3)C2=O)CC1. The Bertz CT molecular complexity index is 1110. The predicted octanol–water partition coefficient (Wildman–Crippen LogP) is 2.40. The summed E-state index contributed by atoms with van der Waals surface area (Å²) in [4.78, 5) is 41.7. The lowest BCUT2D eigenvalue weighted by molar-refractivity contribution is -0.384. The molecule has 160 valence electrons. The third-order valence-corrected chi connectivity index (χ3v) is 5.41. The van der Waals surface area contributed by atoms with Gasteiger partial charge in [-0.2, -0.15) is 0 Å². The summed E-state index contributed by atoms with van der Waals surface area (Å²) in [6.45, 7) is 2.33. The number of nitro groups is 1. The second-order valence-electron chi connectivity index (χ2n) is 7.36. The van der Waals surface area contributed by atoms with E-state index in [1.807, 2.05) is 7.05 Å². The summed E-state index contributed by atoms with van der Waals surface area (Å²) in [5.74, 6) is -3.61. The van der Waals surface area contributed by atoms with Crippen molar-refractivity contribution in [3.63, 3.8) is 0 Å². The largest absolute Gasteiger partial charge is 0.364 e. The average Bonchev–Trinajstić information content (AvgIpc) is 3.01. The first-order valence-corrected chi connectivity index (χ1v) is 9.54. The van der Waals surface area contributed by atoms with Crippen molar-refractivity contribution in [1.82, 2.24) is 9.80 Å². The number of nitro benzene ring substituents is 1. The highest BCUT2D eigenvalue weighted by Gasteiger charge is 2.43. The molecule has 1 fully saturated rings. The molecule has 2 aliphatic rings. The summed E-state index contributed by atoms with van der Waals surface area (Å²) in [5.41, 5.74) is 0.325. The van der Waals surface area contributed by atoms with Gasteiger partial charge in [0.1, 0.15) is 5.70 Å². The maximum atomic E-state index is 13.8. The zero-order chi connectivity index (χ0) is 22.3. The number of hydrogen-bond donors (Lipinski definition) is 0. The van der Waals surface area contributed by atoms with E-state index in [0.717, 1.165) is 23.1 Å². The second kappa shape index (κ2) is 7.88. The first-order valence-electron chi connectivity index (χ1n) is 9.54. The minimum absolute atomic E-state index is 0.0779. The number of amides is 2. The Morgan fingerprint density at radius 2 is 1.55 bits per heavy atom. The highest BCUT2D eigenvalue weighted by Crippen LogP contribution is 2.36. The van der Waals surface area contributed by atoms with Gasteiger partial charge in [-0.3, -0.25) is 19.7 Å². The number of non-ortho nitro benzene ring substituents is 1. The van der Waals surface area contributed by atoms with Crippen molar-refractivity contribution in [1.29, 1.82) is 0 Å². The minimum atomic E-state index is -1.18. The number of imide groups is 1. The predicted molar refractivity (Wildman–Crippen MR) is 108 cm³/mol. The van der Waals surface area contributed by atoms with Gasteiger partial charge >= 0.3 is 0 Å². The summed E-state index contributed by atoms with van der Waals surface area (Å²) in [6.07, 6.45) is 0. The van der Waals surface area contributed by atoms with Crippen LogP contribution in [0.3, 0.4) is 0 Å². The van der Waals surface area contributed by atoms with Gasteiger partial charge in [-0.15, -0.1) is 0 Å². The fourth-order valence-electron chi connectivity index (χ4n) is 3.71. The van der Waals surface area contributed by atoms with Crippen molar-refractivity contribution in [3.8, 4) is 0 Å². The number of benzene rings is 2. The monoisotopic (exact) mass is 428 g/mol. The molecule has 0 spiro atoms. The van der Waals surface area contributed by atoms with Crippen LogP contribution in [0, 0.1) is 21.7 Å². The third-order valence-electron chi connectivity index (χ3n) is 5.41. The van der Waals surface area contributed by atoms with E-state index in [-0.39, 0.29) is 22.6 Å². The molecule has 0 radical (unpaired) electrons. The van der Waals surface area contributed by atoms with Gasteiger partial charge < -0.3 is 9.80 Å². The zero-order valence-electron chi connectivity index (χ0n) is 16.5. The van der Waals surface area contributed by atoms with Crippen molar-refractivity contribution in [2.75, 3.05) is 38.1 Å². The Labute approximate surface area is 176 Å². The van der Waals surface area contributed by atoms with E-state index >= 15 is 0 Å². The lowest BCUT2D eigenvalue weighted by Gasteiger charge is -2.34. The highest BCUT2D eigenvalue weighted by atomic mass is 19.2. The molecule has 2 aromatic rings. The molecular weight excluding hydrogens is 410 g/mol. The molecule has 0 saturated carbocycles. The maximum absolute atomic E-state index is 13.8. The van der Waals surface area contributed by atoms with E-state index < -0.39 is 28.4 Å². The minimum Gasteiger partial charge on any atom is -0.364 e. The van der Waals surface area contributed by atoms with Crippen molar-refractivity contribution >= 4 is 28.8 Å². The van der Waals surface area contributed by atoms with Crippen LogP contribution in [0.25, 0.3) is 5.57 Å². The summed E-state index contributed by atoms with van der Waals surface area (Å²) >= 11 is 0. The summed E-state index contributed by atoms with van der Waals surface area (Å²) in [5, 5.41) is 11.0. The number of nitrogens with zero attached hydrogens (tertiary/aromatic N) is 4. The number of rotatable bonds is 4. The summed E-state index contributed by atoms with van der Waals surface area (Å²) in [6, 6.07) is 8.13. The molecule has 2 amide bonds. The lowest BCUT2D eigenvalue weighted by atomic mass is 10.0. The van der Waals surface area contributed by atoms with Crippen LogP contribution >= 0.6 is 0 Å². The lowest BCUT2D eigenvalue weighted by Crippen LogP contribution is -2.46. The van der Waals surface area contributed by atoms with Crippen LogP contribution in [0.1, 0.15) is 5.56 Å². The molecule has 2 aliphatic heterocycles. The van der Waals surface area contributed by atoms with Crippen LogP contribution in [0.5, 0.6) is 0 Å². The summed E-state index contributed by atoms with van der Waals surface area (Å²) in [7, 11) is 1.94. The van der Waals surface area contributed by atoms with E-state index in [2.05, 4.69) is 4.90 Å². The van der Waals surface area contributed by atoms with E-state index in [9.17, 15) is 28.5 Å². The summed E-state index contributed by atoms with van der Waals surface area (Å²) < 4.78 is 27.2. The number of halogens is 2. The number of carbonyl (C=O) groups is 2. The molecule has 8 nitrogen and oxygen atoms in total. The van der Waals surface area contributed by atoms with Gasteiger partial charge in [0.15, 0.2) is 11.6 Å². The molecule has 0 bridgehead atoms. The molecule has 0 unspecified atom stereocenters. The molecule has 10 heteroatoms. The molecule has 31 heavy (non-hydrogen) atoms. The quantitative estimate of drug-likeness (QED) is 0.422. The van der Waals surface area contributed by atoms with Crippen LogP contribution in [0.2, 0.25) is 0 Å². The Balaban J connectivity index is 1.80. The topological polar surface area (TPSA) is 87.0 Å². The maximum Gasteiger partial charge on any atom is 0.282 e. The molecular formula is C21H18F2N4O4. The van der Waals surface area contributed by atoms with Gasteiger partial charge in [0.25, 0.3) is 17.5 Å². The fraction of sp³-hybridized carbons (Fsp3) is 0.238. The van der Waals surface area contributed by atoms with E-state index in [1.165, 1.54) is 24.3 Å². The smallest absolute Gasteiger partial charge is 0.282 e. The zero-order valence-corrected chi connectivity index (χ0v) is 16.5. The standard InChI is InChI=1S/C21H18F2N4O4/c1-24-8-10-25(11-9-24)19-18(13-2-4-14(5-3-13)27(30)31)20(28)26(21(19)29)15-6-7-16(22)17(23)12-15/h2-7,12H,8-11H2,1H3. The van der Waals surface area contributed by atoms with Crippen molar-refractivity contribution < 1.29 is 23.3 Å². The van der Waals surface area contributed by atoms with Gasteiger partial charge in [-0.1, -0.05) is 0 Å². The van der Waals surface area contributed by atoms with Crippen LogP contribution < -0.4 is 4.90 Å². The van der Waals surface area contributed by atoms with Gasteiger partial charge in [0.05, 0.1) is 16.2 Å². The fourth-order valence-corrected chi connectivity index (χ4v) is 3.71. The van der Waals surface area contributed by atoms with E-state index in [4.69, 9.17) is 0 Å². The molecule has 0 aromatic heterocycles. The van der Waals surface area contributed by atoms with Crippen LogP contribution in [0.4, 0.5) is 20.2 Å². The third kappa shape index (κ3) is 3.66. The van der Waals surface area contributed by atoms with Crippen molar-refractivity contribution in [2.45, 2.75) is 0 Å². The highest BCUT2D eigenvalue weighted by molar-refractivity contribution is 6.45. The molecule has 1 saturated heterocycles. The number of carbonyl (C=O) groups excluding carboxylic acids is 2. The van der Waals surface area contributed by atoms with E-state index in [0.29, 0.717) is 31.7 Å². The van der Waals surface area contributed by atoms with Gasteiger partial charge in [0, 0.05) is 44.4 Å². The van der Waals surface area contributed by atoms with Crippen LogP contribution in [-0.4, -0.2) is 59.8 Å². The molecule has 0 N–H and O–H groups in total. The first kappa shape index (κ1) is 20.6. The van der Waals surface area contributed by atoms with E-state index in [1.54, 1.807) is 4.90 Å². The van der Waals surface area contributed by atoms with Gasteiger partial charge in [-0.05, 0) is 36.9 Å². The molecule has 0 atom stereocenters. The molecule has 2 heterocycles. The van der Waals surface area contributed by atoms with Crippen molar-refractivity contribution in [3.05, 3.63) is 75.5 Å². The first-order chi connectivity index (χ1) is 14.8. The average molecular weight is 428 g/mol. The normalized spacial score (nSPS) is 17.6. The van der Waals surface area contributed by atoms with Gasteiger partial charge in [-0.25, -0.2) is 13.7 Å². The van der Waals surface area contributed by atoms with Crippen LogP contribution in [0.15, 0.2) is 48.2 Å². The second-order valence-corrected chi connectivity index (χ2v) is 7.36. The Morgan fingerprint density at radius 3 is 2.13 bits per heavy atom.